The van der Waals surface area contributed by atoms with Crippen LogP contribution in [0.3, 0.4) is 0 Å². The SMILES string of the molecule is O=C(O)CCn1nncc1-c1cccc(O)c1. The minimum absolute atomic E-state index is 0.0187. The second kappa shape index (κ2) is 4.65. The summed E-state index contributed by atoms with van der Waals surface area (Å²) < 4.78 is 1.50. The zero-order valence-electron chi connectivity index (χ0n) is 8.95. The number of carboxylic acid groups (broad SMARTS) is 1. The van der Waals surface area contributed by atoms with Crippen molar-refractivity contribution in [2.24, 2.45) is 0 Å². The predicted molar refractivity (Wildman–Crippen MR) is 59.4 cm³/mol. The maximum atomic E-state index is 10.5. The molecule has 0 aliphatic carbocycles. The Balaban J connectivity index is 2.27. The van der Waals surface area contributed by atoms with E-state index in [1.165, 1.54) is 10.9 Å². The Morgan fingerprint density at radius 2 is 2.24 bits per heavy atom. The minimum atomic E-state index is -0.887. The number of phenols is 1. The first kappa shape index (κ1) is 11.1. The van der Waals surface area contributed by atoms with Crippen molar-refractivity contribution in [1.82, 2.24) is 15.0 Å². The van der Waals surface area contributed by atoms with Gasteiger partial charge >= 0.3 is 5.97 Å². The van der Waals surface area contributed by atoms with E-state index in [1.54, 1.807) is 24.3 Å². The van der Waals surface area contributed by atoms with Crippen molar-refractivity contribution in [1.29, 1.82) is 0 Å². The van der Waals surface area contributed by atoms with Crippen LogP contribution in [-0.2, 0) is 11.3 Å². The Labute approximate surface area is 97.1 Å². The molecular weight excluding hydrogens is 222 g/mol. The lowest BCUT2D eigenvalue weighted by Crippen LogP contribution is -2.07. The summed E-state index contributed by atoms with van der Waals surface area (Å²) in [5, 5.41) is 25.6. The first-order valence-electron chi connectivity index (χ1n) is 5.06. The summed E-state index contributed by atoms with van der Waals surface area (Å²) in [6.07, 6.45) is 1.52. The van der Waals surface area contributed by atoms with Crippen molar-refractivity contribution < 1.29 is 15.0 Å². The molecule has 1 heterocycles. The number of aryl methyl sites for hydroxylation is 1. The van der Waals surface area contributed by atoms with Gasteiger partial charge in [-0.1, -0.05) is 17.3 Å². The summed E-state index contributed by atoms with van der Waals surface area (Å²) in [5.41, 5.74) is 1.43. The van der Waals surface area contributed by atoms with Crippen molar-refractivity contribution in [2.45, 2.75) is 13.0 Å². The molecule has 2 aromatic rings. The van der Waals surface area contributed by atoms with Crippen LogP contribution in [0, 0.1) is 0 Å². The quantitative estimate of drug-likeness (QED) is 0.826. The number of hydrogen-bond acceptors (Lipinski definition) is 4. The molecule has 0 saturated heterocycles. The molecule has 6 heteroatoms. The van der Waals surface area contributed by atoms with E-state index in [0.29, 0.717) is 5.69 Å². The fourth-order valence-corrected chi connectivity index (χ4v) is 1.51. The van der Waals surface area contributed by atoms with E-state index < -0.39 is 5.97 Å². The van der Waals surface area contributed by atoms with Gasteiger partial charge in [0.05, 0.1) is 24.9 Å². The summed E-state index contributed by atoms with van der Waals surface area (Å²) in [5.74, 6) is -0.740. The molecular formula is C11H11N3O3. The molecule has 1 aromatic heterocycles. The number of rotatable bonds is 4. The van der Waals surface area contributed by atoms with E-state index in [4.69, 9.17) is 5.11 Å². The van der Waals surface area contributed by atoms with E-state index in [1.807, 2.05) is 0 Å². The van der Waals surface area contributed by atoms with E-state index in [2.05, 4.69) is 10.3 Å². The monoisotopic (exact) mass is 233 g/mol. The van der Waals surface area contributed by atoms with Gasteiger partial charge in [-0.05, 0) is 12.1 Å². The van der Waals surface area contributed by atoms with Crippen molar-refractivity contribution >= 4 is 5.97 Å². The highest BCUT2D eigenvalue weighted by Crippen LogP contribution is 2.22. The van der Waals surface area contributed by atoms with Crippen LogP contribution in [0.5, 0.6) is 5.75 Å². The number of hydrogen-bond donors (Lipinski definition) is 2. The molecule has 0 fully saturated rings. The normalized spacial score (nSPS) is 10.4. The Morgan fingerprint density at radius 3 is 2.94 bits per heavy atom. The third kappa shape index (κ3) is 2.60. The van der Waals surface area contributed by atoms with Gasteiger partial charge in [0.2, 0.25) is 0 Å². The van der Waals surface area contributed by atoms with E-state index in [9.17, 15) is 9.90 Å². The molecule has 0 atom stereocenters. The van der Waals surface area contributed by atoms with Gasteiger partial charge in [0.1, 0.15) is 5.75 Å². The summed E-state index contributed by atoms with van der Waals surface area (Å²) >= 11 is 0. The van der Waals surface area contributed by atoms with Gasteiger partial charge in [-0.25, -0.2) is 4.68 Å². The van der Waals surface area contributed by atoms with Crippen LogP contribution in [0.15, 0.2) is 30.5 Å². The summed E-state index contributed by atoms with van der Waals surface area (Å²) in [6.45, 7) is 0.250. The second-order valence-electron chi connectivity index (χ2n) is 3.54. The van der Waals surface area contributed by atoms with Gasteiger partial charge in [0.25, 0.3) is 0 Å². The Bertz CT molecular complexity index is 536. The molecule has 0 spiro atoms. The van der Waals surface area contributed by atoms with E-state index in [0.717, 1.165) is 5.56 Å². The number of aromatic nitrogens is 3. The molecule has 0 aliphatic heterocycles. The molecule has 17 heavy (non-hydrogen) atoms. The lowest BCUT2D eigenvalue weighted by Gasteiger charge is -2.04. The second-order valence-corrected chi connectivity index (χ2v) is 3.54. The Hall–Kier alpha value is -2.37. The number of aromatic hydroxyl groups is 1. The van der Waals surface area contributed by atoms with Gasteiger partial charge in [0.15, 0.2) is 0 Å². The van der Waals surface area contributed by atoms with E-state index in [-0.39, 0.29) is 18.7 Å². The summed E-state index contributed by atoms with van der Waals surface area (Å²) in [4.78, 5) is 10.5. The van der Waals surface area contributed by atoms with Gasteiger partial charge in [-0.15, -0.1) is 5.10 Å². The molecule has 0 bridgehead atoms. The molecule has 88 valence electrons. The van der Waals surface area contributed by atoms with Crippen molar-refractivity contribution in [3.05, 3.63) is 30.5 Å². The maximum Gasteiger partial charge on any atom is 0.305 e. The lowest BCUT2D eigenvalue weighted by atomic mass is 10.1. The van der Waals surface area contributed by atoms with Crippen molar-refractivity contribution in [3.63, 3.8) is 0 Å². The number of phenolic OH excluding ortho intramolecular Hbond substituents is 1. The van der Waals surface area contributed by atoms with Gasteiger partial charge in [-0.3, -0.25) is 4.79 Å². The van der Waals surface area contributed by atoms with Crippen LogP contribution >= 0.6 is 0 Å². The average Bonchev–Trinajstić information content (AvgIpc) is 2.74. The number of carboxylic acids is 1. The zero-order valence-corrected chi connectivity index (χ0v) is 8.95. The number of benzene rings is 1. The van der Waals surface area contributed by atoms with Crippen LogP contribution in [-0.4, -0.2) is 31.2 Å². The predicted octanol–water partition coefficient (Wildman–Crippen LogP) is 1.13. The van der Waals surface area contributed by atoms with Crippen molar-refractivity contribution in [3.8, 4) is 17.0 Å². The first-order chi connectivity index (χ1) is 8.16. The molecule has 2 rings (SSSR count). The Kier molecular flexibility index (Phi) is 3.04. The molecule has 6 nitrogen and oxygen atoms in total. The van der Waals surface area contributed by atoms with Crippen molar-refractivity contribution in [2.75, 3.05) is 0 Å². The number of nitrogens with zero attached hydrogens (tertiary/aromatic N) is 3. The highest BCUT2D eigenvalue weighted by molar-refractivity contribution is 5.67. The minimum Gasteiger partial charge on any atom is -0.508 e. The fourth-order valence-electron chi connectivity index (χ4n) is 1.51. The Morgan fingerprint density at radius 1 is 1.41 bits per heavy atom. The third-order valence-corrected chi connectivity index (χ3v) is 2.30. The standard InChI is InChI=1S/C11H11N3O3/c15-9-3-1-2-8(6-9)10-7-12-13-14(10)5-4-11(16)17/h1-3,6-7,15H,4-5H2,(H,16,17). The zero-order chi connectivity index (χ0) is 12.3. The van der Waals surface area contributed by atoms with Crippen LogP contribution in [0.25, 0.3) is 11.3 Å². The summed E-state index contributed by atoms with van der Waals surface area (Å²) in [6, 6.07) is 6.65. The van der Waals surface area contributed by atoms with Crippen LogP contribution in [0.2, 0.25) is 0 Å². The highest BCUT2D eigenvalue weighted by atomic mass is 16.4. The largest absolute Gasteiger partial charge is 0.508 e. The van der Waals surface area contributed by atoms with Crippen LogP contribution in [0.1, 0.15) is 6.42 Å². The molecule has 1 aromatic carbocycles. The first-order valence-corrected chi connectivity index (χ1v) is 5.06. The van der Waals surface area contributed by atoms with Gasteiger partial charge < -0.3 is 10.2 Å². The smallest absolute Gasteiger partial charge is 0.305 e. The molecule has 0 amide bonds. The molecule has 2 N–H and O–H groups in total. The van der Waals surface area contributed by atoms with Gasteiger partial charge in [-0.2, -0.15) is 0 Å². The molecule has 0 unspecified atom stereocenters. The molecule has 0 radical (unpaired) electrons. The molecule has 0 saturated carbocycles. The van der Waals surface area contributed by atoms with Crippen LogP contribution < -0.4 is 0 Å². The summed E-state index contributed by atoms with van der Waals surface area (Å²) in [7, 11) is 0. The fraction of sp³-hybridized carbons (Fsp3) is 0.182. The highest BCUT2D eigenvalue weighted by Gasteiger charge is 2.08. The number of aliphatic carboxylic acids is 1. The number of carbonyl (C=O) groups is 1. The lowest BCUT2D eigenvalue weighted by molar-refractivity contribution is -0.137. The van der Waals surface area contributed by atoms with Crippen LogP contribution in [0.4, 0.5) is 0 Å². The topological polar surface area (TPSA) is 88.2 Å². The van der Waals surface area contributed by atoms with E-state index >= 15 is 0 Å². The van der Waals surface area contributed by atoms with Gasteiger partial charge in [0, 0.05) is 5.56 Å². The molecule has 0 aliphatic rings. The maximum absolute atomic E-state index is 10.5. The third-order valence-electron chi connectivity index (χ3n) is 2.30. The average molecular weight is 233 g/mol.